The van der Waals surface area contributed by atoms with Crippen molar-refractivity contribution in [1.29, 1.82) is 0 Å². The van der Waals surface area contributed by atoms with Crippen LogP contribution in [0.15, 0.2) is 35.1 Å². The largest absolute Gasteiger partial charge is 0.496 e. The number of esters is 1. The molecule has 9 heteroatoms. The molecule has 2 aliphatic heterocycles. The van der Waals surface area contributed by atoms with Crippen LogP contribution in [0.1, 0.15) is 40.9 Å². The van der Waals surface area contributed by atoms with Gasteiger partial charge in [0.05, 0.1) is 14.2 Å². The normalized spacial score (nSPS) is 18.7. The molecule has 0 radical (unpaired) electrons. The Bertz CT molecular complexity index is 1130. The highest BCUT2D eigenvalue weighted by Crippen LogP contribution is 2.28. The predicted octanol–water partition coefficient (Wildman–Crippen LogP) is 2.74. The molecule has 8 nitrogen and oxygen atoms in total. The smallest absolute Gasteiger partial charge is 0.328 e. The summed E-state index contributed by atoms with van der Waals surface area (Å²) in [5.74, 6) is -0.470. The first-order chi connectivity index (χ1) is 16.4. The molecule has 0 bridgehead atoms. The second kappa shape index (κ2) is 10.6. The van der Waals surface area contributed by atoms with Crippen molar-refractivity contribution in [2.24, 2.45) is 0 Å². The molecule has 1 amide bonds. The number of carbonyl (C=O) groups excluding carboxylic acids is 2. The molecule has 34 heavy (non-hydrogen) atoms. The lowest BCUT2D eigenvalue weighted by atomic mass is 9.99. The number of halogens is 1. The Morgan fingerprint density at radius 3 is 2.62 bits per heavy atom. The number of rotatable bonds is 5. The molecule has 182 valence electrons. The van der Waals surface area contributed by atoms with E-state index in [9.17, 15) is 14.4 Å². The number of fused-ring (bicyclic) bond motifs is 1. The van der Waals surface area contributed by atoms with E-state index in [2.05, 4.69) is 4.90 Å². The van der Waals surface area contributed by atoms with Gasteiger partial charge in [0.2, 0.25) is 0 Å². The number of carbonyl (C=O) groups is 2. The molecule has 1 saturated heterocycles. The van der Waals surface area contributed by atoms with Crippen molar-refractivity contribution in [3.8, 4) is 5.75 Å². The van der Waals surface area contributed by atoms with E-state index in [0.717, 1.165) is 18.4 Å². The van der Waals surface area contributed by atoms with E-state index in [0.29, 0.717) is 61.8 Å². The van der Waals surface area contributed by atoms with Gasteiger partial charge in [-0.1, -0.05) is 29.8 Å². The maximum atomic E-state index is 13.8. The third-order valence-electron chi connectivity index (χ3n) is 6.71. The zero-order valence-corrected chi connectivity index (χ0v) is 20.3. The summed E-state index contributed by atoms with van der Waals surface area (Å²) in [6.45, 7) is 2.85. The predicted molar refractivity (Wildman–Crippen MR) is 128 cm³/mol. The summed E-state index contributed by atoms with van der Waals surface area (Å²) in [6, 6.07) is 8.45. The van der Waals surface area contributed by atoms with Gasteiger partial charge in [0.25, 0.3) is 11.5 Å². The highest BCUT2D eigenvalue weighted by atomic mass is 35.5. The maximum Gasteiger partial charge on any atom is 0.328 e. The van der Waals surface area contributed by atoms with Crippen molar-refractivity contribution >= 4 is 23.5 Å². The number of piperidine rings is 1. The lowest BCUT2D eigenvalue weighted by Crippen LogP contribution is -2.49. The van der Waals surface area contributed by atoms with Crippen LogP contribution in [-0.2, 0) is 29.0 Å². The Labute approximate surface area is 204 Å². The lowest BCUT2D eigenvalue weighted by molar-refractivity contribution is -0.147. The number of methoxy groups -OCH3 is 2. The lowest BCUT2D eigenvalue weighted by Gasteiger charge is -2.34. The van der Waals surface area contributed by atoms with Gasteiger partial charge in [-0.2, -0.15) is 0 Å². The summed E-state index contributed by atoms with van der Waals surface area (Å²) >= 11 is 6.36. The maximum absolute atomic E-state index is 13.8. The van der Waals surface area contributed by atoms with Crippen molar-refractivity contribution in [3.63, 3.8) is 0 Å². The summed E-state index contributed by atoms with van der Waals surface area (Å²) in [4.78, 5) is 42.9. The molecule has 3 heterocycles. The Morgan fingerprint density at radius 2 is 1.88 bits per heavy atom. The van der Waals surface area contributed by atoms with E-state index < -0.39 is 12.0 Å². The minimum atomic E-state index is -0.633. The molecule has 0 saturated carbocycles. The van der Waals surface area contributed by atoms with Crippen LogP contribution in [0.5, 0.6) is 5.75 Å². The van der Waals surface area contributed by atoms with Crippen molar-refractivity contribution < 1.29 is 19.1 Å². The molecule has 0 aliphatic carbocycles. The highest BCUT2D eigenvalue weighted by Gasteiger charge is 2.36. The SMILES string of the molecule is COC(=O)C1CCCCN1C(=O)c1c(OC)cc(=O)n2c1CCN(Cc1ccccc1Cl)CC2. The first-order valence-electron chi connectivity index (χ1n) is 11.6. The molecule has 1 atom stereocenters. The fourth-order valence-corrected chi connectivity index (χ4v) is 5.11. The monoisotopic (exact) mass is 487 g/mol. The highest BCUT2D eigenvalue weighted by molar-refractivity contribution is 6.31. The molecular weight excluding hydrogens is 458 g/mol. The van der Waals surface area contributed by atoms with Gasteiger partial charge in [0, 0.05) is 55.9 Å². The Kier molecular flexibility index (Phi) is 7.58. The zero-order valence-electron chi connectivity index (χ0n) is 19.6. The van der Waals surface area contributed by atoms with Crippen LogP contribution in [0, 0.1) is 0 Å². The Hall–Kier alpha value is -2.84. The molecule has 1 aromatic carbocycles. The average molecular weight is 488 g/mol. The zero-order chi connectivity index (χ0) is 24.2. The summed E-state index contributed by atoms with van der Waals surface area (Å²) in [7, 11) is 2.79. The van der Waals surface area contributed by atoms with Gasteiger partial charge in [-0.15, -0.1) is 0 Å². The number of aromatic nitrogens is 1. The van der Waals surface area contributed by atoms with Gasteiger partial charge in [-0.25, -0.2) is 4.79 Å². The second-order valence-corrected chi connectivity index (χ2v) is 9.08. The molecule has 2 aromatic rings. The minimum Gasteiger partial charge on any atom is -0.496 e. The molecule has 0 N–H and O–H groups in total. The second-order valence-electron chi connectivity index (χ2n) is 8.68. The number of hydrogen-bond donors (Lipinski definition) is 0. The van der Waals surface area contributed by atoms with Gasteiger partial charge < -0.3 is 18.9 Å². The van der Waals surface area contributed by atoms with E-state index in [4.69, 9.17) is 21.1 Å². The van der Waals surface area contributed by atoms with E-state index in [1.54, 1.807) is 9.47 Å². The van der Waals surface area contributed by atoms with Crippen molar-refractivity contribution in [3.05, 3.63) is 62.5 Å². The standard InChI is InChI=1S/C25H30ClN3O5/c1-33-21-15-22(30)28-14-13-27(16-17-7-3-4-8-18(17)26)12-10-19(28)23(21)24(31)29-11-6-5-9-20(29)25(32)34-2/h3-4,7-8,15,20H,5-6,9-14,16H2,1-2H3. The number of pyridine rings is 1. The van der Waals surface area contributed by atoms with E-state index in [1.807, 2.05) is 24.3 Å². The number of likely N-dealkylation sites (tertiary alicyclic amines) is 1. The third-order valence-corrected chi connectivity index (χ3v) is 7.08. The average Bonchev–Trinajstić information content (AvgIpc) is 3.07. The summed E-state index contributed by atoms with van der Waals surface area (Å²) in [6.07, 6.45) is 2.71. The molecule has 1 fully saturated rings. The van der Waals surface area contributed by atoms with Gasteiger partial charge in [0.15, 0.2) is 0 Å². The quantitative estimate of drug-likeness (QED) is 0.603. The van der Waals surface area contributed by atoms with E-state index >= 15 is 0 Å². The van der Waals surface area contributed by atoms with Crippen LogP contribution in [-0.4, -0.2) is 66.1 Å². The number of amides is 1. The van der Waals surface area contributed by atoms with Gasteiger partial charge >= 0.3 is 5.97 Å². The minimum absolute atomic E-state index is 0.203. The Morgan fingerprint density at radius 1 is 1.09 bits per heavy atom. The van der Waals surface area contributed by atoms with E-state index in [1.165, 1.54) is 20.3 Å². The Balaban J connectivity index is 1.67. The third kappa shape index (κ3) is 4.83. The van der Waals surface area contributed by atoms with Gasteiger partial charge in [0.1, 0.15) is 17.4 Å². The number of hydrogen-bond acceptors (Lipinski definition) is 6. The molecule has 2 aliphatic rings. The van der Waals surface area contributed by atoms with Crippen LogP contribution >= 0.6 is 11.6 Å². The summed E-state index contributed by atoms with van der Waals surface area (Å²) in [5, 5.41) is 0.706. The van der Waals surface area contributed by atoms with Crippen LogP contribution in [0.4, 0.5) is 0 Å². The van der Waals surface area contributed by atoms with Crippen molar-refractivity contribution in [2.45, 2.75) is 44.8 Å². The first-order valence-corrected chi connectivity index (χ1v) is 12.0. The number of ether oxygens (including phenoxy) is 2. The summed E-state index contributed by atoms with van der Waals surface area (Å²) in [5.41, 5.74) is 1.82. The fraction of sp³-hybridized carbons (Fsp3) is 0.480. The van der Waals surface area contributed by atoms with Crippen molar-refractivity contribution in [2.75, 3.05) is 33.9 Å². The topological polar surface area (TPSA) is 81.1 Å². The fourth-order valence-electron chi connectivity index (χ4n) is 4.91. The van der Waals surface area contributed by atoms with Gasteiger partial charge in [-0.05, 0) is 30.9 Å². The molecular formula is C25H30ClN3O5. The first kappa shape index (κ1) is 24.3. The van der Waals surface area contributed by atoms with E-state index in [-0.39, 0.29) is 17.2 Å². The van der Waals surface area contributed by atoms with Gasteiger partial charge in [-0.3, -0.25) is 14.5 Å². The number of benzene rings is 1. The molecule has 0 spiro atoms. The van der Waals surface area contributed by atoms with Crippen LogP contribution in [0.2, 0.25) is 5.02 Å². The molecule has 4 rings (SSSR count). The van der Waals surface area contributed by atoms with Crippen LogP contribution in [0.25, 0.3) is 0 Å². The number of nitrogens with zero attached hydrogens (tertiary/aromatic N) is 3. The van der Waals surface area contributed by atoms with Crippen LogP contribution in [0.3, 0.4) is 0 Å². The molecule has 1 unspecified atom stereocenters. The molecule has 1 aromatic heterocycles. The van der Waals surface area contributed by atoms with Crippen LogP contribution < -0.4 is 10.3 Å². The van der Waals surface area contributed by atoms with Crippen molar-refractivity contribution in [1.82, 2.24) is 14.4 Å². The summed E-state index contributed by atoms with van der Waals surface area (Å²) < 4.78 is 12.1.